The van der Waals surface area contributed by atoms with E-state index in [1.807, 2.05) is 4.57 Å². The van der Waals surface area contributed by atoms with Crippen molar-refractivity contribution >= 4 is 17.7 Å². The van der Waals surface area contributed by atoms with Crippen LogP contribution in [0.15, 0.2) is 53.7 Å². The molecule has 0 fully saturated rings. The molecule has 0 saturated heterocycles. The fourth-order valence-corrected chi connectivity index (χ4v) is 3.84. The van der Waals surface area contributed by atoms with Crippen LogP contribution in [0.2, 0.25) is 0 Å². The normalized spacial score (nSPS) is 11.1. The van der Waals surface area contributed by atoms with E-state index in [0.29, 0.717) is 35.6 Å². The highest BCUT2D eigenvalue weighted by atomic mass is 32.2. The van der Waals surface area contributed by atoms with Crippen LogP contribution in [0.4, 0.5) is 8.78 Å². The number of carbonyl (C=O) groups excluding carboxylic acids is 1. The highest BCUT2D eigenvalue weighted by Gasteiger charge is 2.19. The maximum Gasteiger partial charge on any atom is 0.233 e. The Balaban J connectivity index is 1.72. The molecule has 0 aliphatic rings. The number of halogens is 2. The zero-order chi connectivity index (χ0) is 21.7. The van der Waals surface area contributed by atoms with Gasteiger partial charge in [0.25, 0.3) is 0 Å². The smallest absolute Gasteiger partial charge is 0.233 e. The third-order valence-corrected chi connectivity index (χ3v) is 5.41. The minimum atomic E-state index is -0.360. The standard InChI is InChI=1S/C22H24F2N4OS/c1-15(2)12-28-21(18-6-4-5-7-19(18)24)25-26-22(28)30-14-20(29)27(3)13-16-8-10-17(23)11-9-16/h4-11,15H,12-14H2,1-3H3. The summed E-state index contributed by atoms with van der Waals surface area (Å²) in [5, 5.41) is 8.97. The lowest BCUT2D eigenvalue weighted by atomic mass is 10.2. The summed E-state index contributed by atoms with van der Waals surface area (Å²) in [5.41, 5.74) is 1.24. The van der Waals surface area contributed by atoms with Gasteiger partial charge in [0.15, 0.2) is 11.0 Å². The lowest BCUT2D eigenvalue weighted by Crippen LogP contribution is -2.28. The van der Waals surface area contributed by atoms with Crippen molar-refractivity contribution in [3.8, 4) is 11.4 Å². The number of hydrogen-bond donors (Lipinski definition) is 0. The van der Waals surface area contributed by atoms with E-state index in [4.69, 9.17) is 0 Å². The van der Waals surface area contributed by atoms with Crippen LogP contribution in [0, 0.1) is 17.6 Å². The maximum atomic E-state index is 14.3. The molecule has 8 heteroatoms. The largest absolute Gasteiger partial charge is 0.341 e. The average molecular weight is 431 g/mol. The molecule has 158 valence electrons. The molecule has 0 spiro atoms. The van der Waals surface area contributed by atoms with Crippen molar-refractivity contribution in [2.75, 3.05) is 12.8 Å². The molecular formula is C22H24F2N4OS. The van der Waals surface area contributed by atoms with Crippen molar-refractivity contribution in [3.05, 3.63) is 65.7 Å². The first-order chi connectivity index (χ1) is 14.3. The molecule has 0 atom stereocenters. The Hall–Kier alpha value is -2.74. The Labute approximate surface area is 179 Å². The molecule has 0 aliphatic carbocycles. The summed E-state index contributed by atoms with van der Waals surface area (Å²) >= 11 is 1.28. The van der Waals surface area contributed by atoms with Gasteiger partial charge in [-0.2, -0.15) is 0 Å². The highest BCUT2D eigenvalue weighted by Crippen LogP contribution is 2.27. The lowest BCUT2D eigenvalue weighted by Gasteiger charge is -2.17. The van der Waals surface area contributed by atoms with E-state index in [0.717, 1.165) is 5.56 Å². The minimum absolute atomic E-state index is 0.0872. The zero-order valence-electron chi connectivity index (χ0n) is 17.2. The molecule has 0 saturated carbocycles. The molecule has 3 aromatic rings. The Kier molecular flexibility index (Phi) is 7.20. The van der Waals surface area contributed by atoms with Crippen LogP contribution in [-0.4, -0.2) is 38.4 Å². The van der Waals surface area contributed by atoms with E-state index >= 15 is 0 Å². The first kappa shape index (κ1) is 22.0. The van der Waals surface area contributed by atoms with Gasteiger partial charge >= 0.3 is 0 Å². The molecule has 3 rings (SSSR count). The highest BCUT2D eigenvalue weighted by molar-refractivity contribution is 7.99. The third kappa shape index (κ3) is 5.44. The maximum absolute atomic E-state index is 14.3. The van der Waals surface area contributed by atoms with Gasteiger partial charge in [-0.15, -0.1) is 10.2 Å². The number of thioether (sulfide) groups is 1. The number of nitrogens with zero attached hydrogens (tertiary/aromatic N) is 4. The number of amides is 1. The fourth-order valence-electron chi connectivity index (χ4n) is 2.96. The monoisotopic (exact) mass is 430 g/mol. The summed E-state index contributed by atoms with van der Waals surface area (Å²) in [6.45, 7) is 5.11. The van der Waals surface area contributed by atoms with Gasteiger partial charge in [-0.05, 0) is 35.7 Å². The third-order valence-electron chi connectivity index (χ3n) is 4.46. The van der Waals surface area contributed by atoms with Crippen molar-refractivity contribution in [3.63, 3.8) is 0 Å². The summed E-state index contributed by atoms with van der Waals surface area (Å²) < 4.78 is 29.2. The first-order valence-corrected chi connectivity index (χ1v) is 10.6. The van der Waals surface area contributed by atoms with Gasteiger partial charge in [0.1, 0.15) is 11.6 Å². The zero-order valence-corrected chi connectivity index (χ0v) is 18.0. The number of hydrogen-bond acceptors (Lipinski definition) is 4. The van der Waals surface area contributed by atoms with Gasteiger partial charge in [-0.1, -0.05) is 49.9 Å². The summed E-state index contributed by atoms with van der Waals surface area (Å²) in [7, 11) is 1.70. The molecule has 0 N–H and O–H groups in total. The van der Waals surface area contributed by atoms with E-state index in [2.05, 4.69) is 24.0 Å². The topological polar surface area (TPSA) is 51.0 Å². The summed E-state index contributed by atoms with van der Waals surface area (Å²) in [5.74, 6) is 0.167. The molecule has 0 radical (unpaired) electrons. The van der Waals surface area contributed by atoms with Crippen molar-refractivity contribution in [1.29, 1.82) is 0 Å². The summed E-state index contributed by atoms with van der Waals surface area (Å²) in [4.78, 5) is 14.2. The number of rotatable bonds is 8. The van der Waals surface area contributed by atoms with E-state index < -0.39 is 0 Å². The number of aromatic nitrogens is 3. The molecular weight excluding hydrogens is 406 g/mol. The first-order valence-electron chi connectivity index (χ1n) is 9.64. The van der Waals surface area contributed by atoms with Gasteiger partial charge in [0.2, 0.25) is 5.91 Å². The van der Waals surface area contributed by atoms with Crippen molar-refractivity contribution in [2.45, 2.75) is 32.1 Å². The van der Waals surface area contributed by atoms with Gasteiger partial charge in [-0.3, -0.25) is 4.79 Å². The molecule has 0 unspecified atom stereocenters. The Morgan fingerprint density at radius 3 is 2.47 bits per heavy atom. The molecule has 1 aromatic heterocycles. The second-order valence-electron chi connectivity index (χ2n) is 7.46. The molecule has 2 aromatic carbocycles. The van der Waals surface area contributed by atoms with Crippen molar-refractivity contribution in [1.82, 2.24) is 19.7 Å². The SMILES string of the molecule is CC(C)Cn1c(SCC(=O)N(C)Cc2ccc(F)cc2)nnc1-c1ccccc1F. The Bertz CT molecular complexity index is 1000. The van der Waals surface area contributed by atoms with Crippen LogP contribution < -0.4 is 0 Å². The second kappa shape index (κ2) is 9.84. The van der Waals surface area contributed by atoms with Gasteiger partial charge in [0, 0.05) is 20.1 Å². The van der Waals surface area contributed by atoms with E-state index in [1.54, 1.807) is 42.3 Å². The second-order valence-corrected chi connectivity index (χ2v) is 8.40. The van der Waals surface area contributed by atoms with Crippen LogP contribution in [0.25, 0.3) is 11.4 Å². The predicted octanol–water partition coefficient (Wildman–Crippen LogP) is 4.63. The molecule has 0 bridgehead atoms. The van der Waals surface area contributed by atoms with E-state index in [1.165, 1.54) is 30.0 Å². The molecule has 5 nitrogen and oxygen atoms in total. The molecule has 30 heavy (non-hydrogen) atoms. The number of carbonyl (C=O) groups is 1. The quantitative estimate of drug-likeness (QED) is 0.489. The van der Waals surface area contributed by atoms with Gasteiger partial charge in [-0.25, -0.2) is 8.78 Å². The van der Waals surface area contributed by atoms with E-state index in [-0.39, 0.29) is 23.3 Å². The molecule has 1 heterocycles. The van der Waals surface area contributed by atoms with Crippen LogP contribution in [0.3, 0.4) is 0 Å². The predicted molar refractivity (Wildman–Crippen MR) is 114 cm³/mol. The fraction of sp³-hybridized carbons (Fsp3) is 0.318. The van der Waals surface area contributed by atoms with Gasteiger partial charge < -0.3 is 9.47 Å². The Morgan fingerprint density at radius 1 is 1.10 bits per heavy atom. The van der Waals surface area contributed by atoms with E-state index in [9.17, 15) is 13.6 Å². The summed E-state index contributed by atoms with van der Waals surface area (Å²) in [6, 6.07) is 12.5. The van der Waals surface area contributed by atoms with Gasteiger partial charge in [0.05, 0.1) is 11.3 Å². The van der Waals surface area contributed by atoms with Crippen molar-refractivity contribution < 1.29 is 13.6 Å². The minimum Gasteiger partial charge on any atom is -0.341 e. The van der Waals surface area contributed by atoms with Crippen LogP contribution in [0.1, 0.15) is 19.4 Å². The number of benzene rings is 2. The molecule has 1 amide bonds. The molecule has 0 aliphatic heterocycles. The lowest BCUT2D eigenvalue weighted by molar-refractivity contribution is -0.127. The Morgan fingerprint density at radius 2 is 1.80 bits per heavy atom. The van der Waals surface area contributed by atoms with Crippen LogP contribution in [0.5, 0.6) is 0 Å². The average Bonchev–Trinajstić information content (AvgIpc) is 3.09. The summed E-state index contributed by atoms with van der Waals surface area (Å²) in [6.07, 6.45) is 0. The van der Waals surface area contributed by atoms with Crippen LogP contribution in [-0.2, 0) is 17.9 Å². The van der Waals surface area contributed by atoms with Crippen LogP contribution >= 0.6 is 11.8 Å². The van der Waals surface area contributed by atoms with Crippen molar-refractivity contribution in [2.24, 2.45) is 5.92 Å².